The first kappa shape index (κ1) is 12.4. The van der Waals surface area contributed by atoms with Crippen molar-refractivity contribution in [2.24, 2.45) is 5.73 Å². The van der Waals surface area contributed by atoms with Crippen molar-refractivity contribution >= 4 is 11.8 Å². The van der Waals surface area contributed by atoms with Gasteiger partial charge in [-0.2, -0.15) is 0 Å². The quantitative estimate of drug-likeness (QED) is 0.929. The summed E-state index contributed by atoms with van der Waals surface area (Å²) in [5.41, 5.74) is 8.44. The van der Waals surface area contributed by atoms with Crippen LogP contribution in [-0.2, 0) is 6.42 Å². The van der Waals surface area contributed by atoms with Gasteiger partial charge >= 0.3 is 0 Å². The van der Waals surface area contributed by atoms with E-state index in [1.54, 1.807) is 19.5 Å². The molecule has 0 amide bonds. The van der Waals surface area contributed by atoms with Crippen molar-refractivity contribution < 1.29 is 4.74 Å². The van der Waals surface area contributed by atoms with Crippen LogP contribution in [0, 0.1) is 0 Å². The molecule has 1 aliphatic heterocycles. The van der Waals surface area contributed by atoms with Crippen LogP contribution in [-0.4, -0.2) is 22.3 Å². The van der Waals surface area contributed by atoms with Gasteiger partial charge in [0.25, 0.3) is 0 Å². The highest BCUT2D eigenvalue weighted by Gasteiger charge is 2.30. The minimum absolute atomic E-state index is 0.180. The summed E-state index contributed by atoms with van der Waals surface area (Å²) in [5, 5.41) is 0.281. The lowest BCUT2D eigenvalue weighted by Gasteiger charge is -2.18. The highest BCUT2D eigenvalue weighted by molar-refractivity contribution is 8.00. The van der Waals surface area contributed by atoms with Crippen LogP contribution in [0.25, 0.3) is 0 Å². The van der Waals surface area contributed by atoms with Crippen LogP contribution in [0.4, 0.5) is 0 Å². The molecule has 5 heteroatoms. The van der Waals surface area contributed by atoms with Gasteiger partial charge in [0.15, 0.2) is 0 Å². The fourth-order valence-electron chi connectivity index (χ4n) is 2.31. The van der Waals surface area contributed by atoms with Crippen molar-refractivity contribution in [2.75, 3.05) is 7.11 Å². The molecule has 1 aliphatic rings. The molecule has 0 aliphatic carbocycles. The fraction of sp³-hybridized carbons (Fsp3) is 0.286. The van der Waals surface area contributed by atoms with Crippen LogP contribution in [0.3, 0.4) is 0 Å². The topological polar surface area (TPSA) is 61.0 Å². The Kier molecular flexibility index (Phi) is 3.40. The van der Waals surface area contributed by atoms with Crippen LogP contribution in [0.15, 0.2) is 41.6 Å². The molecule has 2 heterocycles. The largest absolute Gasteiger partial charge is 0.480 e. The zero-order chi connectivity index (χ0) is 13.2. The first-order valence-corrected chi connectivity index (χ1v) is 7.02. The van der Waals surface area contributed by atoms with Gasteiger partial charge in [-0.25, -0.2) is 4.98 Å². The zero-order valence-electron chi connectivity index (χ0n) is 10.6. The van der Waals surface area contributed by atoms with Gasteiger partial charge in [-0.1, -0.05) is 18.2 Å². The van der Waals surface area contributed by atoms with Crippen molar-refractivity contribution in [3.63, 3.8) is 0 Å². The third-order valence-corrected chi connectivity index (χ3v) is 4.69. The molecule has 4 nitrogen and oxygen atoms in total. The van der Waals surface area contributed by atoms with E-state index in [0.717, 1.165) is 12.1 Å². The number of aromatic nitrogens is 2. The lowest BCUT2D eigenvalue weighted by Crippen LogP contribution is -2.25. The number of nitrogens with zero attached hydrogens (tertiary/aromatic N) is 2. The molecule has 3 rings (SSSR count). The maximum Gasteiger partial charge on any atom is 0.237 e. The summed E-state index contributed by atoms with van der Waals surface area (Å²) in [6.07, 6.45) is 4.23. The molecular formula is C14H15N3OS. The lowest BCUT2D eigenvalue weighted by atomic mass is 10.0. The van der Waals surface area contributed by atoms with Crippen LogP contribution in [0.5, 0.6) is 5.88 Å². The van der Waals surface area contributed by atoms with E-state index < -0.39 is 0 Å². The van der Waals surface area contributed by atoms with Crippen LogP contribution in [0.2, 0.25) is 0 Å². The lowest BCUT2D eigenvalue weighted by molar-refractivity contribution is 0.383. The van der Waals surface area contributed by atoms with Gasteiger partial charge < -0.3 is 10.5 Å². The molecular weight excluding hydrogens is 258 g/mol. The minimum Gasteiger partial charge on any atom is -0.480 e. The minimum atomic E-state index is -0.180. The third-order valence-electron chi connectivity index (χ3n) is 3.27. The average molecular weight is 273 g/mol. The van der Waals surface area contributed by atoms with Crippen molar-refractivity contribution in [1.82, 2.24) is 9.97 Å². The molecule has 98 valence electrons. The Labute approximate surface area is 116 Å². The van der Waals surface area contributed by atoms with E-state index in [2.05, 4.69) is 34.2 Å². The van der Waals surface area contributed by atoms with E-state index in [0.29, 0.717) is 5.88 Å². The Bertz CT molecular complexity index is 565. The Morgan fingerprint density at radius 3 is 2.89 bits per heavy atom. The molecule has 0 radical (unpaired) electrons. The number of hydrogen-bond donors (Lipinski definition) is 1. The van der Waals surface area contributed by atoms with Crippen molar-refractivity contribution in [3.05, 3.63) is 47.9 Å². The summed E-state index contributed by atoms with van der Waals surface area (Å²) in [6.45, 7) is 0. The molecule has 2 N–H and O–H groups in total. The van der Waals surface area contributed by atoms with Crippen LogP contribution in [0.1, 0.15) is 17.3 Å². The third kappa shape index (κ3) is 2.31. The van der Waals surface area contributed by atoms with Gasteiger partial charge in [0, 0.05) is 22.5 Å². The molecule has 2 atom stereocenters. The van der Waals surface area contributed by atoms with E-state index in [-0.39, 0.29) is 11.3 Å². The zero-order valence-corrected chi connectivity index (χ0v) is 11.4. The molecule has 2 aromatic rings. The molecule has 19 heavy (non-hydrogen) atoms. The van der Waals surface area contributed by atoms with Gasteiger partial charge in [0.1, 0.15) is 5.69 Å². The summed E-state index contributed by atoms with van der Waals surface area (Å²) < 4.78 is 5.24. The number of methoxy groups -OCH3 is 1. The highest BCUT2D eigenvalue weighted by Crippen LogP contribution is 2.42. The van der Waals surface area contributed by atoms with Gasteiger partial charge in [0.05, 0.1) is 13.2 Å². The normalized spacial score (nSPS) is 18.9. The van der Waals surface area contributed by atoms with Crippen LogP contribution < -0.4 is 10.5 Å². The van der Waals surface area contributed by atoms with Crippen LogP contribution >= 0.6 is 11.8 Å². The number of rotatable bonds is 3. The van der Waals surface area contributed by atoms with Gasteiger partial charge in [0.2, 0.25) is 5.88 Å². The standard InChI is InChI=1S/C14H15N3OS/c1-18-14-13(16-6-7-17-14)12(15)11-8-9-4-2-3-5-10(9)19-11/h2-7,11-12H,8,15H2,1H3. The summed E-state index contributed by atoms with van der Waals surface area (Å²) in [7, 11) is 1.59. The van der Waals surface area contributed by atoms with E-state index in [1.807, 2.05) is 11.8 Å². The molecule has 0 bridgehead atoms. The monoisotopic (exact) mass is 273 g/mol. The first-order chi connectivity index (χ1) is 9.29. The summed E-state index contributed by atoms with van der Waals surface area (Å²) in [5.74, 6) is 0.520. The number of benzene rings is 1. The second-order valence-electron chi connectivity index (χ2n) is 4.44. The van der Waals surface area contributed by atoms with Gasteiger partial charge in [-0.15, -0.1) is 11.8 Å². The highest BCUT2D eigenvalue weighted by atomic mass is 32.2. The summed E-state index contributed by atoms with van der Waals surface area (Å²) in [6, 6.07) is 8.24. The number of nitrogens with two attached hydrogens (primary N) is 1. The molecule has 2 unspecified atom stereocenters. The Balaban J connectivity index is 1.85. The molecule has 0 spiro atoms. The average Bonchev–Trinajstić information content (AvgIpc) is 2.90. The van der Waals surface area contributed by atoms with Gasteiger partial charge in [-0.3, -0.25) is 4.98 Å². The predicted molar refractivity (Wildman–Crippen MR) is 75.3 cm³/mol. The van der Waals surface area contributed by atoms with Crippen molar-refractivity contribution in [1.29, 1.82) is 0 Å². The number of ether oxygens (including phenoxy) is 1. The van der Waals surface area contributed by atoms with E-state index in [9.17, 15) is 0 Å². The molecule has 0 saturated heterocycles. The first-order valence-electron chi connectivity index (χ1n) is 6.14. The maximum atomic E-state index is 6.35. The second-order valence-corrected chi connectivity index (χ2v) is 5.73. The van der Waals surface area contributed by atoms with E-state index >= 15 is 0 Å². The predicted octanol–water partition coefficient (Wildman–Crippen LogP) is 2.20. The Hall–Kier alpha value is -1.59. The second kappa shape index (κ2) is 5.19. The van der Waals surface area contributed by atoms with Crippen molar-refractivity contribution in [2.45, 2.75) is 22.6 Å². The molecule has 0 saturated carbocycles. The smallest absolute Gasteiger partial charge is 0.237 e. The maximum absolute atomic E-state index is 6.35. The van der Waals surface area contributed by atoms with Gasteiger partial charge in [-0.05, 0) is 18.1 Å². The fourth-order valence-corrected chi connectivity index (χ4v) is 3.63. The summed E-state index contributed by atoms with van der Waals surface area (Å²) >= 11 is 1.81. The number of fused-ring (bicyclic) bond motifs is 1. The summed E-state index contributed by atoms with van der Waals surface area (Å²) in [4.78, 5) is 9.81. The SMILES string of the molecule is COc1nccnc1C(N)C1Cc2ccccc2S1. The number of hydrogen-bond acceptors (Lipinski definition) is 5. The molecule has 1 aromatic carbocycles. The van der Waals surface area contributed by atoms with E-state index in [4.69, 9.17) is 10.5 Å². The Morgan fingerprint density at radius 1 is 1.32 bits per heavy atom. The molecule has 1 aromatic heterocycles. The number of thioether (sulfide) groups is 1. The molecule has 0 fully saturated rings. The Morgan fingerprint density at radius 2 is 2.11 bits per heavy atom. The van der Waals surface area contributed by atoms with E-state index in [1.165, 1.54) is 10.5 Å². The van der Waals surface area contributed by atoms with Crippen molar-refractivity contribution in [3.8, 4) is 5.88 Å².